The van der Waals surface area contributed by atoms with Crippen LogP contribution in [0.2, 0.25) is 0 Å². The number of anilines is 2. The number of benzene rings is 2. The maximum atomic E-state index is 12.4. The van der Waals surface area contributed by atoms with Crippen molar-refractivity contribution in [2.24, 2.45) is 0 Å². The zero-order valence-electron chi connectivity index (χ0n) is 18.9. The van der Waals surface area contributed by atoms with Crippen LogP contribution in [0.15, 0.2) is 43.0 Å². The van der Waals surface area contributed by atoms with Crippen LogP contribution in [0.4, 0.5) is 11.4 Å². The van der Waals surface area contributed by atoms with E-state index < -0.39 is 0 Å². The Morgan fingerprint density at radius 1 is 1.40 bits per heavy atom. The van der Waals surface area contributed by atoms with Crippen molar-refractivity contribution in [1.82, 2.24) is 4.90 Å². The maximum Gasteiger partial charge on any atom is 0.246 e. The molecule has 2 aliphatic heterocycles. The number of fused-ring (bicyclic) bond motifs is 2. The van der Waals surface area contributed by atoms with Crippen LogP contribution >= 0.6 is 34.6 Å². The minimum atomic E-state index is -0.322. The Morgan fingerprint density at radius 2 is 2.23 bits per heavy atom. The summed E-state index contributed by atoms with van der Waals surface area (Å²) >= 11 is 7.68. The van der Waals surface area contributed by atoms with E-state index in [4.69, 9.17) is 24.7 Å². The van der Waals surface area contributed by atoms with Gasteiger partial charge in [-0.15, -0.1) is 11.6 Å². The molecule has 2 aromatic carbocycles. The number of nitriles is 1. The van der Waals surface area contributed by atoms with E-state index in [1.807, 2.05) is 47.3 Å². The van der Waals surface area contributed by atoms with Gasteiger partial charge in [0.2, 0.25) is 11.8 Å². The highest BCUT2D eigenvalue weighted by Crippen LogP contribution is 2.42. The quantitative estimate of drug-likeness (QED) is 0.283. The molecule has 35 heavy (non-hydrogen) atoms. The maximum absolute atomic E-state index is 12.4. The molecular weight excluding hydrogens is 583 g/mol. The molecule has 8 nitrogen and oxygen atoms in total. The number of nitrogens with one attached hydrogen (secondary N) is 1. The molecule has 0 saturated heterocycles. The first-order valence-electron chi connectivity index (χ1n) is 11.1. The van der Waals surface area contributed by atoms with E-state index in [9.17, 15) is 9.59 Å². The molecular formula is C25H24ClIN4O4. The van der Waals surface area contributed by atoms with Crippen LogP contribution in [-0.2, 0) is 22.6 Å². The van der Waals surface area contributed by atoms with Crippen molar-refractivity contribution >= 4 is 57.8 Å². The van der Waals surface area contributed by atoms with Crippen LogP contribution in [0.1, 0.15) is 29.2 Å². The van der Waals surface area contributed by atoms with E-state index in [2.05, 4.69) is 18.0 Å². The molecule has 0 aromatic heterocycles. The summed E-state index contributed by atoms with van der Waals surface area (Å²) in [5.41, 5.74) is 4.46. The molecule has 0 radical (unpaired) electrons. The fourth-order valence-corrected chi connectivity index (χ4v) is 5.09. The van der Waals surface area contributed by atoms with Gasteiger partial charge in [-0.1, -0.05) is 18.7 Å². The summed E-state index contributed by atoms with van der Waals surface area (Å²) < 4.78 is 12.2. The van der Waals surface area contributed by atoms with Gasteiger partial charge in [-0.25, -0.2) is 0 Å². The highest BCUT2D eigenvalue weighted by atomic mass is 127. The second-order valence-corrected chi connectivity index (χ2v) is 8.88. The molecule has 1 atom stereocenters. The van der Waals surface area contributed by atoms with Gasteiger partial charge in [0.1, 0.15) is 23.5 Å². The van der Waals surface area contributed by atoms with E-state index >= 15 is 0 Å². The van der Waals surface area contributed by atoms with Crippen molar-refractivity contribution in [2.45, 2.75) is 25.5 Å². The largest absolute Gasteiger partial charge is 0.481 e. The Labute approximate surface area is 223 Å². The molecule has 0 spiro atoms. The van der Waals surface area contributed by atoms with Gasteiger partial charge in [0.25, 0.3) is 0 Å². The molecule has 10 heteroatoms. The third-order valence-electron chi connectivity index (χ3n) is 6.18. The summed E-state index contributed by atoms with van der Waals surface area (Å²) in [6, 6.07) is 11.5. The number of carbonyl (C=O) groups is 2. The summed E-state index contributed by atoms with van der Waals surface area (Å²) in [6.45, 7) is 5.48. The monoisotopic (exact) mass is 606 g/mol. The average molecular weight is 607 g/mol. The minimum Gasteiger partial charge on any atom is -0.481 e. The van der Waals surface area contributed by atoms with Crippen molar-refractivity contribution < 1.29 is 17.4 Å². The summed E-state index contributed by atoms with van der Waals surface area (Å²) in [4.78, 5) is 27.7. The van der Waals surface area contributed by atoms with Crippen LogP contribution in [0.25, 0.3) is 0 Å². The van der Waals surface area contributed by atoms with E-state index in [1.54, 1.807) is 11.0 Å². The molecule has 1 N–H and O–H groups in total. The Bertz CT molecular complexity index is 1200. The van der Waals surface area contributed by atoms with Crippen LogP contribution in [-0.4, -0.2) is 42.2 Å². The van der Waals surface area contributed by atoms with Crippen LogP contribution in [0.3, 0.4) is 0 Å². The fraction of sp³-hybridized carbons (Fsp3) is 0.320. The first-order valence-corrected chi connectivity index (χ1v) is 12.5. The van der Waals surface area contributed by atoms with E-state index in [0.29, 0.717) is 37.5 Å². The van der Waals surface area contributed by atoms with E-state index in [1.165, 1.54) is 11.0 Å². The summed E-state index contributed by atoms with van der Waals surface area (Å²) in [6.07, 6.45) is 1.89. The normalized spacial score (nSPS) is 16.0. The Kier molecular flexibility index (Phi) is 8.03. The lowest BCUT2D eigenvalue weighted by Crippen LogP contribution is -2.35. The smallest absolute Gasteiger partial charge is 0.246 e. The van der Waals surface area contributed by atoms with Gasteiger partial charge in [-0.3, -0.25) is 9.59 Å². The summed E-state index contributed by atoms with van der Waals surface area (Å²) in [5.74, 6) is 0.823. The van der Waals surface area contributed by atoms with Crippen LogP contribution < -0.4 is 18.0 Å². The lowest BCUT2D eigenvalue weighted by atomic mass is 9.93. The van der Waals surface area contributed by atoms with Gasteiger partial charge in [-0.05, 0) is 30.2 Å². The molecule has 182 valence electrons. The zero-order valence-corrected chi connectivity index (χ0v) is 21.8. The Morgan fingerprint density at radius 3 is 2.94 bits per heavy atom. The fourth-order valence-electron chi connectivity index (χ4n) is 4.43. The van der Waals surface area contributed by atoms with Gasteiger partial charge in [0.15, 0.2) is 23.0 Å². The second kappa shape index (κ2) is 11.2. The lowest BCUT2D eigenvalue weighted by Gasteiger charge is -2.33. The van der Waals surface area contributed by atoms with Crippen molar-refractivity contribution in [3.63, 3.8) is 0 Å². The van der Waals surface area contributed by atoms with Gasteiger partial charge in [0, 0.05) is 42.5 Å². The molecule has 2 amide bonds. The SMILES string of the molecule is C=CC(=O)N1CCc2c(ccc(C3CNc4ccc(N(CCC#N)C(=O)CCl)cc4O3)c2OI)C1. The molecule has 0 fully saturated rings. The van der Waals surface area contributed by atoms with Gasteiger partial charge >= 0.3 is 0 Å². The number of carbonyl (C=O) groups excluding carboxylic acids is 2. The van der Waals surface area contributed by atoms with E-state index in [-0.39, 0.29) is 36.8 Å². The number of halogens is 2. The molecule has 0 saturated carbocycles. The third-order valence-corrected chi connectivity index (χ3v) is 6.85. The Balaban J connectivity index is 1.61. The first-order chi connectivity index (χ1) is 17.0. The molecule has 0 bridgehead atoms. The molecule has 1 unspecified atom stereocenters. The lowest BCUT2D eigenvalue weighted by molar-refractivity contribution is -0.126. The summed E-state index contributed by atoms with van der Waals surface area (Å²) in [5, 5.41) is 12.4. The highest BCUT2D eigenvalue weighted by Gasteiger charge is 2.30. The number of ether oxygens (including phenoxy) is 1. The van der Waals surface area contributed by atoms with Crippen molar-refractivity contribution in [1.29, 1.82) is 5.26 Å². The number of hydrogen-bond donors (Lipinski definition) is 1. The predicted octanol–water partition coefficient (Wildman–Crippen LogP) is 4.52. The van der Waals surface area contributed by atoms with Crippen molar-refractivity contribution in [3.8, 4) is 17.6 Å². The zero-order chi connectivity index (χ0) is 24.9. The van der Waals surface area contributed by atoms with Gasteiger partial charge in [0.05, 0.1) is 24.7 Å². The summed E-state index contributed by atoms with van der Waals surface area (Å²) in [7, 11) is 0. The molecule has 2 aliphatic rings. The van der Waals surface area contributed by atoms with E-state index in [0.717, 1.165) is 28.1 Å². The van der Waals surface area contributed by atoms with Crippen molar-refractivity contribution in [3.05, 3.63) is 59.7 Å². The third kappa shape index (κ3) is 5.18. The molecule has 0 aliphatic carbocycles. The number of hydrogen-bond acceptors (Lipinski definition) is 6. The minimum absolute atomic E-state index is 0.0830. The van der Waals surface area contributed by atoms with Crippen LogP contribution in [0, 0.1) is 11.3 Å². The average Bonchev–Trinajstić information content (AvgIpc) is 2.91. The topological polar surface area (TPSA) is 94.9 Å². The van der Waals surface area contributed by atoms with Crippen molar-refractivity contribution in [2.75, 3.05) is 35.7 Å². The molecule has 4 rings (SSSR count). The van der Waals surface area contributed by atoms with Gasteiger partial charge < -0.3 is 22.9 Å². The number of nitrogens with zero attached hydrogens (tertiary/aromatic N) is 3. The first kappa shape index (κ1) is 25.1. The highest BCUT2D eigenvalue weighted by molar-refractivity contribution is 14.1. The predicted molar refractivity (Wildman–Crippen MR) is 142 cm³/mol. The second-order valence-electron chi connectivity index (χ2n) is 8.17. The van der Waals surface area contributed by atoms with Crippen LogP contribution in [0.5, 0.6) is 11.5 Å². The molecule has 2 aromatic rings. The number of amides is 2. The number of rotatable bonds is 7. The van der Waals surface area contributed by atoms with Gasteiger partial charge in [-0.2, -0.15) is 5.26 Å². The Hall–Kier alpha value is -2.97. The molecule has 2 heterocycles. The number of alkyl halides is 1. The standard InChI is InChI=1S/C25H24ClIN4O4/c1-2-23(32)30-11-8-18-16(15-30)4-6-19(25(18)35-27)22-14-29-20-7-5-17(12-21(20)34-22)31(10-3-9-28)24(33)13-26/h2,4-7,12,22,29H,1,3,8,10-11,13-15H2.